The zero-order chi connectivity index (χ0) is 13.7. The average molecular weight is 338 g/mol. The van der Waals surface area contributed by atoms with Crippen molar-refractivity contribution in [3.63, 3.8) is 0 Å². The first-order valence-electron chi connectivity index (χ1n) is 5.64. The van der Waals surface area contributed by atoms with Crippen LogP contribution in [0.3, 0.4) is 0 Å². The highest BCUT2D eigenvalue weighted by molar-refractivity contribution is 9.10. The van der Waals surface area contributed by atoms with Crippen molar-refractivity contribution in [2.75, 3.05) is 11.1 Å². The smallest absolute Gasteiger partial charge is 0.237 e. The molecule has 0 bridgehead atoms. The first kappa shape index (κ1) is 14.0. The highest BCUT2D eigenvalue weighted by Gasteiger charge is 2.10. The largest absolute Gasteiger partial charge is 0.325 e. The maximum Gasteiger partial charge on any atom is 0.237 e. The van der Waals surface area contributed by atoms with Gasteiger partial charge in [-0.2, -0.15) is 0 Å². The normalized spacial score (nSPS) is 11.8. The van der Waals surface area contributed by atoms with Crippen molar-refractivity contribution in [2.45, 2.75) is 4.90 Å². The van der Waals surface area contributed by atoms with Crippen molar-refractivity contribution >= 4 is 38.3 Å². The van der Waals surface area contributed by atoms with E-state index in [9.17, 15) is 9.00 Å². The molecule has 0 saturated carbocycles. The minimum absolute atomic E-state index is 0.0451. The van der Waals surface area contributed by atoms with E-state index in [1.54, 1.807) is 36.4 Å². The van der Waals surface area contributed by atoms with Gasteiger partial charge in [0, 0.05) is 15.1 Å². The summed E-state index contributed by atoms with van der Waals surface area (Å²) in [6, 6.07) is 16.2. The van der Waals surface area contributed by atoms with Gasteiger partial charge >= 0.3 is 0 Å². The lowest BCUT2D eigenvalue weighted by atomic mass is 10.3. The number of hydrogen-bond acceptors (Lipinski definition) is 2. The Kier molecular flexibility index (Phi) is 4.87. The molecule has 1 unspecified atom stereocenters. The van der Waals surface area contributed by atoms with Crippen molar-refractivity contribution in [1.82, 2.24) is 0 Å². The van der Waals surface area contributed by atoms with Crippen molar-refractivity contribution < 1.29 is 9.00 Å². The zero-order valence-electron chi connectivity index (χ0n) is 10.0. The second-order valence-corrected chi connectivity index (χ2v) is 6.23. The van der Waals surface area contributed by atoms with Gasteiger partial charge in [0.15, 0.2) is 0 Å². The molecule has 98 valence electrons. The maximum absolute atomic E-state index is 12.0. The molecule has 0 aromatic heterocycles. The van der Waals surface area contributed by atoms with Gasteiger partial charge in [-0.15, -0.1) is 0 Å². The van der Waals surface area contributed by atoms with Crippen molar-refractivity contribution in [3.8, 4) is 0 Å². The van der Waals surface area contributed by atoms with Crippen LogP contribution in [0, 0.1) is 0 Å². The molecule has 5 heteroatoms. The molecule has 0 aliphatic carbocycles. The van der Waals surface area contributed by atoms with Crippen LogP contribution in [0.1, 0.15) is 0 Å². The molecule has 0 saturated heterocycles. The van der Waals surface area contributed by atoms with E-state index < -0.39 is 10.8 Å². The summed E-state index contributed by atoms with van der Waals surface area (Å²) in [5, 5.41) is 2.72. The number of nitrogens with one attached hydrogen (secondary N) is 1. The molecule has 0 aliphatic heterocycles. The Morgan fingerprint density at radius 1 is 1.11 bits per heavy atom. The van der Waals surface area contributed by atoms with Crippen molar-refractivity contribution in [1.29, 1.82) is 0 Å². The van der Waals surface area contributed by atoms with Crippen LogP contribution in [0.25, 0.3) is 0 Å². The molecule has 0 aliphatic rings. The molecule has 2 aromatic carbocycles. The summed E-state index contributed by atoms with van der Waals surface area (Å²) in [7, 11) is -1.32. The lowest BCUT2D eigenvalue weighted by Crippen LogP contribution is -2.19. The third-order valence-electron chi connectivity index (χ3n) is 2.38. The van der Waals surface area contributed by atoms with Crippen LogP contribution in [0.5, 0.6) is 0 Å². The maximum atomic E-state index is 12.0. The predicted octanol–water partition coefficient (Wildman–Crippen LogP) is 3.20. The summed E-state index contributed by atoms with van der Waals surface area (Å²) in [6.07, 6.45) is 0. The zero-order valence-corrected chi connectivity index (χ0v) is 12.4. The van der Waals surface area contributed by atoms with Gasteiger partial charge in [-0.3, -0.25) is 9.00 Å². The molecule has 19 heavy (non-hydrogen) atoms. The molecule has 2 aromatic rings. The molecule has 0 fully saturated rings. The van der Waals surface area contributed by atoms with Gasteiger partial charge < -0.3 is 5.32 Å². The van der Waals surface area contributed by atoms with E-state index in [1.165, 1.54) is 0 Å². The molecule has 0 heterocycles. The summed E-state index contributed by atoms with van der Waals surface area (Å²) < 4.78 is 12.8. The van der Waals surface area contributed by atoms with Gasteiger partial charge in [0.05, 0.1) is 10.8 Å². The molecule has 0 spiro atoms. The van der Waals surface area contributed by atoms with E-state index in [1.807, 2.05) is 18.2 Å². The van der Waals surface area contributed by atoms with Crippen molar-refractivity contribution in [2.24, 2.45) is 0 Å². The summed E-state index contributed by atoms with van der Waals surface area (Å²) in [4.78, 5) is 12.4. The molecule has 1 atom stereocenters. The number of anilines is 1. The number of rotatable bonds is 4. The second kappa shape index (κ2) is 6.63. The molecule has 1 N–H and O–H groups in total. The third kappa shape index (κ3) is 4.29. The standard InChI is InChI=1S/C14H12BrNO2S/c15-11-5-4-6-12(9-11)16-14(17)10-19(18)13-7-2-1-3-8-13/h1-9H,10H2,(H,16,17). The van der Waals surface area contributed by atoms with Gasteiger partial charge in [0.25, 0.3) is 0 Å². The quantitative estimate of drug-likeness (QED) is 0.931. The Morgan fingerprint density at radius 2 is 1.84 bits per heavy atom. The van der Waals surface area contributed by atoms with Crippen LogP contribution in [0.15, 0.2) is 64.0 Å². The lowest BCUT2D eigenvalue weighted by molar-refractivity contribution is -0.113. The van der Waals surface area contributed by atoms with E-state index in [0.717, 1.165) is 4.47 Å². The topological polar surface area (TPSA) is 46.2 Å². The SMILES string of the molecule is O=C(CS(=O)c1ccccc1)Nc1cccc(Br)c1. The first-order chi connectivity index (χ1) is 9.15. The van der Waals surface area contributed by atoms with E-state index in [0.29, 0.717) is 10.6 Å². The number of benzene rings is 2. The molecule has 0 radical (unpaired) electrons. The number of carbonyl (C=O) groups is 1. The molecular formula is C14H12BrNO2S. The van der Waals surface area contributed by atoms with Gasteiger partial charge in [-0.1, -0.05) is 40.2 Å². The van der Waals surface area contributed by atoms with Crippen LogP contribution in [0.4, 0.5) is 5.69 Å². The molecule has 3 nitrogen and oxygen atoms in total. The number of amides is 1. The summed E-state index contributed by atoms with van der Waals surface area (Å²) in [5.41, 5.74) is 0.685. The fourth-order valence-corrected chi connectivity index (χ4v) is 2.87. The highest BCUT2D eigenvalue weighted by Crippen LogP contribution is 2.15. The summed E-state index contributed by atoms with van der Waals surface area (Å²) in [6.45, 7) is 0. The summed E-state index contributed by atoms with van der Waals surface area (Å²) >= 11 is 3.33. The summed E-state index contributed by atoms with van der Waals surface area (Å²) in [5.74, 6) is -0.309. The van der Waals surface area contributed by atoms with Crippen molar-refractivity contribution in [3.05, 3.63) is 59.1 Å². The van der Waals surface area contributed by atoms with Crippen LogP contribution >= 0.6 is 15.9 Å². The third-order valence-corrected chi connectivity index (χ3v) is 4.19. The molecule has 2 rings (SSSR count). The van der Waals surface area contributed by atoms with E-state index in [4.69, 9.17) is 0 Å². The van der Waals surface area contributed by atoms with E-state index in [2.05, 4.69) is 21.2 Å². The number of hydrogen-bond donors (Lipinski definition) is 1. The Bertz CT molecular complexity index is 601. The Balaban J connectivity index is 1.97. The van der Waals surface area contributed by atoms with E-state index in [-0.39, 0.29) is 11.7 Å². The minimum Gasteiger partial charge on any atom is -0.325 e. The first-order valence-corrected chi connectivity index (χ1v) is 7.75. The second-order valence-electron chi connectivity index (χ2n) is 3.86. The number of halogens is 1. The van der Waals surface area contributed by atoms with Crippen LogP contribution in [-0.4, -0.2) is 15.9 Å². The van der Waals surface area contributed by atoms with E-state index >= 15 is 0 Å². The monoisotopic (exact) mass is 337 g/mol. The highest BCUT2D eigenvalue weighted by atomic mass is 79.9. The Morgan fingerprint density at radius 3 is 2.53 bits per heavy atom. The fraction of sp³-hybridized carbons (Fsp3) is 0.0714. The molecular weight excluding hydrogens is 326 g/mol. The average Bonchev–Trinajstić information content (AvgIpc) is 2.39. The van der Waals surface area contributed by atoms with Crippen LogP contribution in [-0.2, 0) is 15.6 Å². The van der Waals surface area contributed by atoms with Gasteiger partial charge in [-0.05, 0) is 30.3 Å². The Hall–Kier alpha value is -1.46. The predicted molar refractivity (Wildman–Crippen MR) is 80.5 cm³/mol. The van der Waals surface area contributed by atoms with Gasteiger partial charge in [-0.25, -0.2) is 0 Å². The molecule has 1 amide bonds. The Labute approximate surface area is 122 Å². The van der Waals surface area contributed by atoms with Gasteiger partial charge in [0.1, 0.15) is 5.75 Å². The van der Waals surface area contributed by atoms with Gasteiger partial charge in [0.2, 0.25) is 5.91 Å². The van der Waals surface area contributed by atoms with Crippen LogP contribution in [0.2, 0.25) is 0 Å². The lowest BCUT2D eigenvalue weighted by Gasteiger charge is -2.05. The fourth-order valence-electron chi connectivity index (χ4n) is 1.54. The number of carbonyl (C=O) groups excluding carboxylic acids is 1. The van der Waals surface area contributed by atoms with Crippen LogP contribution < -0.4 is 5.32 Å². The minimum atomic E-state index is -1.32.